The third-order valence-corrected chi connectivity index (χ3v) is 5.14. The third kappa shape index (κ3) is 12.4. The molecule has 8 nitrogen and oxygen atoms in total. The van der Waals surface area contributed by atoms with Crippen LogP contribution in [0.3, 0.4) is 0 Å². The summed E-state index contributed by atoms with van der Waals surface area (Å²) in [5, 5.41) is 8.04. The maximum Gasteiger partial charge on any atom is 0.240 e. The first-order chi connectivity index (χ1) is 18.1. The predicted octanol–water partition coefficient (Wildman–Crippen LogP) is 5.15. The zero-order valence-corrected chi connectivity index (χ0v) is 21.2. The van der Waals surface area contributed by atoms with Crippen LogP contribution in [-0.2, 0) is 9.59 Å². The average Bonchev–Trinajstić information content (AvgIpc) is 2.91. The van der Waals surface area contributed by atoms with E-state index in [2.05, 4.69) is 34.2 Å². The number of hydrogen-bond acceptors (Lipinski definition) is 6. The fourth-order valence-electron chi connectivity index (χ4n) is 3.30. The smallest absolute Gasteiger partial charge is 0.240 e. The monoisotopic (exact) mass is 504 g/mol. The molecule has 2 amide bonds. The van der Waals surface area contributed by atoms with Gasteiger partial charge in [-0.25, -0.2) is 10.9 Å². The summed E-state index contributed by atoms with van der Waals surface area (Å²) in [6.45, 7) is 8.07. The highest BCUT2D eigenvalue weighted by Gasteiger charge is 2.04. The van der Waals surface area contributed by atoms with Gasteiger partial charge in [0.05, 0.1) is 12.4 Å². The molecule has 0 radical (unpaired) electrons. The van der Waals surface area contributed by atoms with Crippen molar-refractivity contribution in [3.63, 3.8) is 0 Å². The van der Waals surface area contributed by atoms with Crippen LogP contribution >= 0.6 is 0 Å². The molecule has 0 aliphatic carbocycles. The van der Waals surface area contributed by atoms with E-state index in [9.17, 15) is 9.59 Å². The lowest BCUT2D eigenvalue weighted by Crippen LogP contribution is -2.17. The van der Waals surface area contributed by atoms with Gasteiger partial charge in [-0.1, -0.05) is 68.8 Å². The van der Waals surface area contributed by atoms with Gasteiger partial charge in [0.2, 0.25) is 11.8 Å². The van der Waals surface area contributed by atoms with Crippen LogP contribution in [0.1, 0.15) is 56.1 Å². The van der Waals surface area contributed by atoms with Crippen LogP contribution in [0, 0.1) is 0 Å². The molecule has 8 heteroatoms. The number of nitrogens with zero attached hydrogens (tertiary/aromatic N) is 2. The maximum atomic E-state index is 12.0. The van der Waals surface area contributed by atoms with E-state index in [0.717, 1.165) is 43.2 Å². The fourth-order valence-corrected chi connectivity index (χ4v) is 3.30. The van der Waals surface area contributed by atoms with Crippen molar-refractivity contribution in [1.82, 2.24) is 10.9 Å². The largest absolute Gasteiger partial charge is 0.489 e. The Labute approximate surface area is 219 Å². The number of benzene rings is 2. The van der Waals surface area contributed by atoms with E-state index in [4.69, 9.17) is 9.47 Å². The van der Waals surface area contributed by atoms with E-state index >= 15 is 0 Å². The molecule has 0 fully saturated rings. The Morgan fingerprint density at radius 2 is 1.08 bits per heavy atom. The van der Waals surface area contributed by atoms with Crippen molar-refractivity contribution >= 4 is 24.2 Å². The highest BCUT2D eigenvalue weighted by molar-refractivity contribution is 5.86. The Hall–Kier alpha value is -4.20. The van der Waals surface area contributed by atoms with Crippen LogP contribution < -0.4 is 20.3 Å². The first kappa shape index (κ1) is 29.0. The van der Waals surface area contributed by atoms with E-state index in [1.807, 2.05) is 48.5 Å². The number of rotatable bonds is 18. The molecule has 2 aromatic rings. The van der Waals surface area contributed by atoms with Crippen molar-refractivity contribution < 1.29 is 19.1 Å². The average molecular weight is 505 g/mol. The summed E-state index contributed by atoms with van der Waals surface area (Å²) >= 11 is 0. The molecule has 0 aliphatic rings. The molecule has 0 aliphatic heterocycles. The summed E-state index contributed by atoms with van der Waals surface area (Å²) in [5.41, 5.74) is 6.66. The molecule has 2 rings (SSSR count). The van der Waals surface area contributed by atoms with Gasteiger partial charge in [0.1, 0.15) is 24.7 Å². The molecule has 0 saturated heterocycles. The van der Waals surface area contributed by atoms with Crippen LogP contribution in [0.25, 0.3) is 0 Å². The highest BCUT2D eigenvalue weighted by Crippen LogP contribution is 2.16. The Bertz CT molecular complexity index is 982. The molecule has 0 unspecified atom stereocenters. The molecular formula is C29H36N4O4. The van der Waals surface area contributed by atoms with Gasteiger partial charge in [0.15, 0.2) is 0 Å². The number of para-hydroxylation sites is 2. The summed E-state index contributed by atoms with van der Waals surface area (Å²) < 4.78 is 11.1. The number of hydrazone groups is 2. The molecule has 0 spiro atoms. The normalized spacial score (nSPS) is 10.8. The standard InChI is InChI=1S/C29H36N4O4/c1-3-20-36-26-16-12-10-14-24(26)22-30-32-28(34)18-8-6-5-7-9-19-29(35)33-31-23-25-15-11-13-17-27(25)37-21-4-2/h3-4,10-17,22-23H,1-2,5-9,18-21H2,(H,32,34)(H,33,35). The Morgan fingerprint density at radius 3 is 1.51 bits per heavy atom. The molecule has 0 heterocycles. The van der Waals surface area contributed by atoms with Gasteiger partial charge in [-0.3, -0.25) is 9.59 Å². The van der Waals surface area contributed by atoms with Crippen LogP contribution in [-0.4, -0.2) is 37.5 Å². The number of carbonyl (C=O) groups is 2. The van der Waals surface area contributed by atoms with Crippen molar-refractivity contribution in [2.24, 2.45) is 10.2 Å². The van der Waals surface area contributed by atoms with Gasteiger partial charge in [0.25, 0.3) is 0 Å². The maximum absolute atomic E-state index is 12.0. The quantitative estimate of drug-likeness (QED) is 0.127. The lowest BCUT2D eigenvalue weighted by Gasteiger charge is -2.06. The summed E-state index contributed by atoms with van der Waals surface area (Å²) in [4.78, 5) is 24.0. The number of ether oxygens (including phenoxy) is 2. The summed E-state index contributed by atoms with van der Waals surface area (Å²) in [6, 6.07) is 14.9. The van der Waals surface area contributed by atoms with E-state index in [1.165, 1.54) is 0 Å². The molecule has 196 valence electrons. The Morgan fingerprint density at radius 1 is 0.676 bits per heavy atom. The van der Waals surface area contributed by atoms with Crippen LogP contribution in [0.2, 0.25) is 0 Å². The van der Waals surface area contributed by atoms with E-state index in [0.29, 0.717) is 37.6 Å². The number of carbonyl (C=O) groups excluding carboxylic acids is 2. The third-order valence-electron chi connectivity index (χ3n) is 5.14. The topological polar surface area (TPSA) is 101 Å². The van der Waals surface area contributed by atoms with Crippen molar-refractivity contribution in [2.45, 2.75) is 44.9 Å². The zero-order chi connectivity index (χ0) is 26.6. The molecule has 0 bridgehead atoms. The number of nitrogens with one attached hydrogen (secondary N) is 2. The van der Waals surface area contributed by atoms with Crippen molar-refractivity contribution in [3.05, 3.63) is 85.0 Å². The van der Waals surface area contributed by atoms with Crippen molar-refractivity contribution in [3.8, 4) is 11.5 Å². The van der Waals surface area contributed by atoms with Gasteiger partial charge in [-0.05, 0) is 37.1 Å². The first-order valence-corrected chi connectivity index (χ1v) is 12.4. The predicted molar refractivity (Wildman–Crippen MR) is 148 cm³/mol. The lowest BCUT2D eigenvalue weighted by molar-refractivity contribution is -0.121. The second-order valence-corrected chi connectivity index (χ2v) is 8.13. The molecular weight excluding hydrogens is 468 g/mol. The minimum atomic E-state index is -0.130. The SMILES string of the molecule is C=CCOc1ccccc1C=NNC(=O)CCCCCCCC(=O)NN=Cc1ccccc1OCC=C. The Kier molecular flexibility index (Phi) is 14.2. The number of hydrogen-bond donors (Lipinski definition) is 2. The second-order valence-electron chi connectivity index (χ2n) is 8.13. The zero-order valence-electron chi connectivity index (χ0n) is 21.2. The van der Waals surface area contributed by atoms with Crippen molar-refractivity contribution in [2.75, 3.05) is 13.2 Å². The fraction of sp³-hybridized carbons (Fsp3) is 0.310. The van der Waals surface area contributed by atoms with E-state index in [-0.39, 0.29) is 11.8 Å². The second kappa shape index (κ2) is 18.1. The molecule has 2 N–H and O–H groups in total. The lowest BCUT2D eigenvalue weighted by atomic mass is 10.1. The molecule has 0 aromatic heterocycles. The van der Waals surface area contributed by atoms with Crippen molar-refractivity contribution in [1.29, 1.82) is 0 Å². The molecule has 37 heavy (non-hydrogen) atoms. The molecule has 0 atom stereocenters. The van der Waals surface area contributed by atoms with Gasteiger partial charge >= 0.3 is 0 Å². The Balaban J connectivity index is 1.55. The molecule has 2 aromatic carbocycles. The molecule has 0 saturated carbocycles. The van der Waals surface area contributed by atoms with Gasteiger partial charge in [-0.2, -0.15) is 10.2 Å². The van der Waals surface area contributed by atoms with Gasteiger partial charge < -0.3 is 9.47 Å². The van der Waals surface area contributed by atoms with Crippen LogP contribution in [0.5, 0.6) is 11.5 Å². The minimum Gasteiger partial charge on any atom is -0.489 e. The first-order valence-electron chi connectivity index (χ1n) is 12.4. The highest BCUT2D eigenvalue weighted by atomic mass is 16.5. The number of unbranched alkanes of at least 4 members (excludes halogenated alkanes) is 4. The van der Waals surface area contributed by atoms with Gasteiger partial charge in [0, 0.05) is 24.0 Å². The van der Waals surface area contributed by atoms with Gasteiger partial charge in [-0.15, -0.1) is 0 Å². The van der Waals surface area contributed by atoms with Crippen LogP contribution in [0.15, 0.2) is 84.0 Å². The van der Waals surface area contributed by atoms with E-state index in [1.54, 1.807) is 24.6 Å². The summed E-state index contributed by atoms with van der Waals surface area (Å²) in [7, 11) is 0. The number of amides is 2. The van der Waals surface area contributed by atoms with E-state index < -0.39 is 0 Å². The summed E-state index contributed by atoms with van der Waals surface area (Å²) in [5.74, 6) is 1.10. The van der Waals surface area contributed by atoms with Crippen LogP contribution in [0.4, 0.5) is 0 Å². The minimum absolute atomic E-state index is 0.130. The summed E-state index contributed by atoms with van der Waals surface area (Å²) in [6.07, 6.45) is 11.6.